The maximum absolute atomic E-state index is 3.86. The van der Waals surface area contributed by atoms with E-state index in [0.717, 1.165) is 26.1 Å². The van der Waals surface area contributed by atoms with Crippen molar-refractivity contribution < 1.29 is 0 Å². The Morgan fingerprint density at radius 1 is 0.912 bits per heavy atom. The first-order valence-electron chi connectivity index (χ1n) is 13.4. The number of hydrogen-bond donors (Lipinski definition) is 1. The Bertz CT molecular complexity index is 994. The zero-order valence-electron chi connectivity index (χ0n) is 21.4. The lowest BCUT2D eigenvalue weighted by Gasteiger charge is -2.37. The molecule has 0 unspecified atom stereocenters. The van der Waals surface area contributed by atoms with E-state index in [1.54, 1.807) is 0 Å². The molecule has 0 spiro atoms. The van der Waals surface area contributed by atoms with Crippen LogP contribution in [0, 0.1) is 0 Å². The molecule has 2 saturated heterocycles. The van der Waals surface area contributed by atoms with Crippen LogP contribution in [0.4, 0.5) is 5.69 Å². The second-order valence-corrected chi connectivity index (χ2v) is 10.7. The van der Waals surface area contributed by atoms with Crippen molar-refractivity contribution in [2.45, 2.75) is 52.1 Å². The van der Waals surface area contributed by atoms with E-state index in [2.05, 4.69) is 89.3 Å². The molecule has 34 heavy (non-hydrogen) atoms. The number of rotatable bonds is 7. The third-order valence-corrected chi connectivity index (χ3v) is 8.29. The topological polar surface area (TPSA) is 21.8 Å². The Kier molecular flexibility index (Phi) is 7.38. The smallest absolute Gasteiger partial charge is 0.0372 e. The summed E-state index contributed by atoms with van der Waals surface area (Å²) in [6, 6.07) is 19.5. The van der Waals surface area contributed by atoms with Crippen LogP contribution in [0.1, 0.15) is 50.3 Å². The first-order valence-corrected chi connectivity index (χ1v) is 13.4. The third-order valence-electron chi connectivity index (χ3n) is 8.29. The number of piperidine rings is 1. The van der Waals surface area contributed by atoms with Gasteiger partial charge < -0.3 is 10.2 Å². The average Bonchev–Trinajstić information content (AvgIpc) is 3.21. The number of benzene rings is 2. The van der Waals surface area contributed by atoms with E-state index in [0.29, 0.717) is 12.1 Å². The lowest BCUT2D eigenvalue weighted by atomic mass is 9.99. The maximum atomic E-state index is 3.86. The summed E-state index contributed by atoms with van der Waals surface area (Å²) in [5, 5.41) is 3.86. The molecule has 2 aromatic rings. The van der Waals surface area contributed by atoms with E-state index in [-0.39, 0.29) is 0 Å². The summed E-state index contributed by atoms with van der Waals surface area (Å²) in [5.41, 5.74) is 8.61. The molecule has 0 radical (unpaired) electrons. The SMILES string of the molecule is CC1=C(c2cccc(N3CCC(NCCN4CCN(C(C)C)CC4)CC3)c2)Cc2ccccc21. The molecular formula is C30H42N4. The standard InChI is InChI=1S/C30H42N4/c1-23(2)33-19-17-32(18-20-33)16-13-31-27-11-14-34(15-12-27)28-9-6-8-25(21-28)30-22-26-7-4-5-10-29(26)24(30)3/h4-10,21,23,27,31H,11-20,22H2,1-3H3. The molecule has 2 aliphatic heterocycles. The summed E-state index contributed by atoms with van der Waals surface area (Å²) in [7, 11) is 0. The molecule has 0 atom stereocenters. The molecular weight excluding hydrogens is 416 g/mol. The molecule has 3 aliphatic rings. The van der Waals surface area contributed by atoms with Gasteiger partial charge in [0.2, 0.25) is 0 Å². The maximum Gasteiger partial charge on any atom is 0.0372 e. The summed E-state index contributed by atoms with van der Waals surface area (Å²) < 4.78 is 0. The fourth-order valence-corrected chi connectivity index (χ4v) is 6.01. The number of nitrogens with zero attached hydrogens (tertiary/aromatic N) is 3. The van der Waals surface area contributed by atoms with Crippen LogP contribution < -0.4 is 10.2 Å². The van der Waals surface area contributed by atoms with Gasteiger partial charge in [0.15, 0.2) is 0 Å². The lowest BCUT2D eigenvalue weighted by Crippen LogP contribution is -2.51. The first-order chi connectivity index (χ1) is 16.6. The minimum atomic E-state index is 0.658. The summed E-state index contributed by atoms with van der Waals surface area (Å²) in [6.07, 6.45) is 3.53. The molecule has 0 amide bonds. The summed E-state index contributed by atoms with van der Waals surface area (Å²) in [6.45, 7) is 16.4. The molecule has 0 bridgehead atoms. The lowest BCUT2D eigenvalue weighted by molar-refractivity contribution is 0.108. The molecule has 5 rings (SSSR count). The predicted octanol–water partition coefficient (Wildman–Crippen LogP) is 4.76. The number of anilines is 1. The van der Waals surface area contributed by atoms with Gasteiger partial charge in [-0.3, -0.25) is 9.80 Å². The van der Waals surface area contributed by atoms with E-state index in [4.69, 9.17) is 0 Å². The molecule has 0 saturated carbocycles. The van der Waals surface area contributed by atoms with Gasteiger partial charge in [-0.1, -0.05) is 36.4 Å². The van der Waals surface area contributed by atoms with Crippen LogP contribution in [0.25, 0.3) is 11.1 Å². The number of piperazine rings is 1. The highest BCUT2D eigenvalue weighted by Gasteiger charge is 2.23. The Balaban J connectivity index is 1.10. The van der Waals surface area contributed by atoms with Crippen LogP contribution in [0.15, 0.2) is 48.5 Å². The average molecular weight is 459 g/mol. The highest BCUT2D eigenvalue weighted by molar-refractivity contribution is 5.96. The van der Waals surface area contributed by atoms with Crippen molar-refractivity contribution in [1.29, 1.82) is 0 Å². The van der Waals surface area contributed by atoms with Crippen molar-refractivity contribution in [1.82, 2.24) is 15.1 Å². The van der Waals surface area contributed by atoms with Crippen molar-refractivity contribution in [2.24, 2.45) is 0 Å². The molecule has 182 valence electrons. The first kappa shape index (κ1) is 23.6. The van der Waals surface area contributed by atoms with Gasteiger partial charge in [-0.25, -0.2) is 0 Å². The number of allylic oxidation sites excluding steroid dienone is 2. The van der Waals surface area contributed by atoms with Gasteiger partial charge in [-0.15, -0.1) is 0 Å². The molecule has 2 fully saturated rings. The van der Waals surface area contributed by atoms with Gasteiger partial charge in [-0.05, 0) is 80.0 Å². The van der Waals surface area contributed by atoms with E-state index in [1.807, 2.05) is 0 Å². The van der Waals surface area contributed by atoms with Crippen LogP contribution >= 0.6 is 0 Å². The molecule has 2 heterocycles. The number of hydrogen-bond acceptors (Lipinski definition) is 4. The van der Waals surface area contributed by atoms with Gasteiger partial charge in [0.1, 0.15) is 0 Å². The Labute approximate surface area is 206 Å². The second kappa shape index (κ2) is 10.6. The van der Waals surface area contributed by atoms with Crippen LogP contribution in [-0.4, -0.2) is 74.2 Å². The predicted molar refractivity (Wildman–Crippen MR) is 145 cm³/mol. The number of nitrogens with one attached hydrogen (secondary N) is 1. The molecule has 4 nitrogen and oxygen atoms in total. The van der Waals surface area contributed by atoms with E-state index in [1.165, 1.54) is 79.1 Å². The van der Waals surface area contributed by atoms with E-state index in [9.17, 15) is 0 Å². The van der Waals surface area contributed by atoms with Gasteiger partial charge >= 0.3 is 0 Å². The summed E-state index contributed by atoms with van der Waals surface area (Å²) in [5.74, 6) is 0. The van der Waals surface area contributed by atoms with Crippen LogP contribution in [0.5, 0.6) is 0 Å². The Morgan fingerprint density at radius 2 is 1.68 bits per heavy atom. The quantitative estimate of drug-likeness (QED) is 0.646. The van der Waals surface area contributed by atoms with Crippen molar-refractivity contribution in [2.75, 3.05) is 57.3 Å². The molecule has 0 aromatic heterocycles. The van der Waals surface area contributed by atoms with E-state index < -0.39 is 0 Å². The van der Waals surface area contributed by atoms with Crippen molar-refractivity contribution in [3.05, 3.63) is 65.2 Å². The zero-order chi connectivity index (χ0) is 23.5. The normalized spacial score (nSPS) is 20.4. The zero-order valence-corrected chi connectivity index (χ0v) is 21.4. The van der Waals surface area contributed by atoms with Crippen molar-refractivity contribution >= 4 is 16.8 Å². The van der Waals surface area contributed by atoms with E-state index >= 15 is 0 Å². The van der Waals surface area contributed by atoms with Crippen LogP contribution in [-0.2, 0) is 6.42 Å². The highest BCUT2D eigenvalue weighted by Crippen LogP contribution is 2.38. The molecule has 1 aliphatic carbocycles. The van der Waals surface area contributed by atoms with Gasteiger partial charge in [-0.2, -0.15) is 0 Å². The highest BCUT2D eigenvalue weighted by atomic mass is 15.3. The summed E-state index contributed by atoms with van der Waals surface area (Å²) >= 11 is 0. The second-order valence-electron chi connectivity index (χ2n) is 10.7. The van der Waals surface area contributed by atoms with Gasteiger partial charge in [0, 0.05) is 70.1 Å². The fraction of sp³-hybridized carbons (Fsp3) is 0.533. The van der Waals surface area contributed by atoms with Crippen molar-refractivity contribution in [3.63, 3.8) is 0 Å². The summed E-state index contributed by atoms with van der Waals surface area (Å²) in [4.78, 5) is 7.81. The molecule has 2 aromatic carbocycles. The Morgan fingerprint density at radius 3 is 2.41 bits per heavy atom. The largest absolute Gasteiger partial charge is 0.371 e. The molecule has 1 N–H and O–H groups in total. The molecule has 4 heteroatoms. The van der Waals surface area contributed by atoms with Gasteiger partial charge in [0.05, 0.1) is 0 Å². The Hall–Kier alpha value is -2.14. The number of fused-ring (bicyclic) bond motifs is 1. The van der Waals surface area contributed by atoms with Crippen molar-refractivity contribution in [3.8, 4) is 0 Å². The van der Waals surface area contributed by atoms with Crippen LogP contribution in [0.3, 0.4) is 0 Å². The minimum Gasteiger partial charge on any atom is -0.371 e. The fourth-order valence-electron chi connectivity index (χ4n) is 6.01. The van der Waals surface area contributed by atoms with Crippen LogP contribution in [0.2, 0.25) is 0 Å². The van der Waals surface area contributed by atoms with Gasteiger partial charge in [0.25, 0.3) is 0 Å². The monoisotopic (exact) mass is 458 g/mol. The third kappa shape index (κ3) is 5.25. The minimum absolute atomic E-state index is 0.658.